The molecule has 102 valence electrons. The number of ether oxygens (including phenoxy) is 1. The largest absolute Gasteiger partial charge is 0.377 e. The molecule has 3 atom stereocenters. The van der Waals surface area contributed by atoms with Crippen molar-refractivity contribution in [3.05, 3.63) is 0 Å². The highest BCUT2D eigenvalue weighted by molar-refractivity contribution is 4.83. The lowest BCUT2D eigenvalue weighted by Crippen LogP contribution is -2.44. The van der Waals surface area contributed by atoms with Gasteiger partial charge in [0, 0.05) is 24.2 Å². The highest BCUT2D eigenvalue weighted by Gasteiger charge is 2.30. The molecule has 3 unspecified atom stereocenters. The Bertz CT molecular complexity index is 225. The maximum atomic E-state index is 5.64. The second kappa shape index (κ2) is 6.17. The molecule has 0 spiro atoms. The van der Waals surface area contributed by atoms with Gasteiger partial charge in [0.25, 0.3) is 0 Å². The van der Waals surface area contributed by atoms with E-state index in [9.17, 15) is 0 Å². The highest BCUT2D eigenvalue weighted by atomic mass is 16.5. The van der Waals surface area contributed by atoms with Crippen molar-refractivity contribution in [2.24, 2.45) is 0 Å². The van der Waals surface area contributed by atoms with Crippen LogP contribution in [0.3, 0.4) is 0 Å². The number of hydrogen-bond acceptors (Lipinski definition) is 3. The SMILES string of the molecule is CC1OCCC1N(C)C(C)CCNC(C)(C)C. The quantitative estimate of drug-likeness (QED) is 0.800. The smallest absolute Gasteiger partial charge is 0.0703 e. The summed E-state index contributed by atoms with van der Waals surface area (Å²) >= 11 is 0. The molecular formula is C14H30N2O. The van der Waals surface area contributed by atoms with Crippen LogP contribution >= 0.6 is 0 Å². The molecule has 0 aliphatic carbocycles. The predicted molar refractivity (Wildman–Crippen MR) is 73.4 cm³/mol. The van der Waals surface area contributed by atoms with Gasteiger partial charge in [-0.3, -0.25) is 4.90 Å². The number of hydrogen-bond donors (Lipinski definition) is 1. The fourth-order valence-corrected chi connectivity index (χ4v) is 2.44. The maximum absolute atomic E-state index is 5.64. The van der Waals surface area contributed by atoms with Gasteiger partial charge in [0.15, 0.2) is 0 Å². The van der Waals surface area contributed by atoms with Gasteiger partial charge in [-0.1, -0.05) is 0 Å². The van der Waals surface area contributed by atoms with E-state index in [1.807, 2.05) is 0 Å². The summed E-state index contributed by atoms with van der Waals surface area (Å²) in [6, 6.07) is 1.21. The summed E-state index contributed by atoms with van der Waals surface area (Å²) in [6.45, 7) is 13.2. The predicted octanol–water partition coefficient (Wildman–Crippen LogP) is 2.26. The third kappa shape index (κ3) is 4.94. The van der Waals surface area contributed by atoms with E-state index in [0.717, 1.165) is 13.2 Å². The van der Waals surface area contributed by atoms with Crippen molar-refractivity contribution in [1.29, 1.82) is 0 Å². The van der Waals surface area contributed by atoms with Gasteiger partial charge >= 0.3 is 0 Å². The Kier molecular flexibility index (Phi) is 5.42. The Labute approximate surface area is 107 Å². The monoisotopic (exact) mass is 242 g/mol. The minimum absolute atomic E-state index is 0.224. The molecule has 0 amide bonds. The summed E-state index contributed by atoms with van der Waals surface area (Å²) in [5, 5.41) is 3.55. The Morgan fingerprint density at radius 1 is 1.41 bits per heavy atom. The molecule has 0 radical (unpaired) electrons. The van der Waals surface area contributed by atoms with Gasteiger partial charge in [0.2, 0.25) is 0 Å². The zero-order valence-electron chi connectivity index (χ0n) is 12.4. The molecule has 3 nitrogen and oxygen atoms in total. The van der Waals surface area contributed by atoms with Crippen molar-refractivity contribution < 1.29 is 4.74 Å². The number of likely N-dealkylation sites (N-methyl/N-ethyl adjacent to an activating group) is 1. The fourth-order valence-electron chi connectivity index (χ4n) is 2.44. The molecule has 1 aliphatic rings. The highest BCUT2D eigenvalue weighted by Crippen LogP contribution is 2.20. The molecule has 0 bridgehead atoms. The first kappa shape index (κ1) is 14.9. The first-order valence-corrected chi connectivity index (χ1v) is 6.90. The fraction of sp³-hybridized carbons (Fsp3) is 1.00. The van der Waals surface area contributed by atoms with E-state index in [0.29, 0.717) is 18.2 Å². The van der Waals surface area contributed by atoms with Gasteiger partial charge in [0.05, 0.1) is 6.10 Å². The van der Waals surface area contributed by atoms with Crippen LogP contribution in [0.25, 0.3) is 0 Å². The molecule has 0 aromatic carbocycles. The molecule has 17 heavy (non-hydrogen) atoms. The first-order valence-electron chi connectivity index (χ1n) is 6.90. The Balaban J connectivity index is 2.29. The molecule has 1 N–H and O–H groups in total. The summed E-state index contributed by atoms with van der Waals surface area (Å²) in [5.74, 6) is 0. The first-order chi connectivity index (χ1) is 7.81. The van der Waals surface area contributed by atoms with E-state index < -0.39 is 0 Å². The van der Waals surface area contributed by atoms with Crippen LogP contribution in [-0.2, 0) is 4.74 Å². The lowest BCUT2D eigenvalue weighted by molar-refractivity contribution is 0.0686. The normalized spacial score (nSPS) is 27.7. The topological polar surface area (TPSA) is 24.5 Å². The lowest BCUT2D eigenvalue weighted by atomic mass is 10.1. The number of rotatable bonds is 5. The summed E-state index contributed by atoms with van der Waals surface area (Å²) < 4.78 is 5.64. The molecule has 1 aliphatic heterocycles. The van der Waals surface area contributed by atoms with Crippen molar-refractivity contribution >= 4 is 0 Å². The molecule has 3 heteroatoms. The molecule has 0 aromatic rings. The summed E-state index contributed by atoms with van der Waals surface area (Å²) in [4.78, 5) is 2.49. The zero-order chi connectivity index (χ0) is 13.1. The molecule has 0 saturated carbocycles. The van der Waals surface area contributed by atoms with Crippen LogP contribution < -0.4 is 5.32 Å². The van der Waals surface area contributed by atoms with Gasteiger partial charge in [-0.05, 0) is 61.1 Å². The van der Waals surface area contributed by atoms with Gasteiger partial charge < -0.3 is 10.1 Å². The molecule has 1 heterocycles. The van der Waals surface area contributed by atoms with E-state index in [-0.39, 0.29) is 5.54 Å². The summed E-state index contributed by atoms with van der Waals surface area (Å²) in [6.07, 6.45) is 2.75. The zero-order valence-corrected chi connectivity index (χ0v) is 12.4. The van der Waals surface area contributed by atoms with Crippen LogP contribution in [0.4, 0.5) is 0 Å². The molecule has 1 fully saturated rings. The number of nitrogens with zero attached hydrogens (tertiary/aromatic N) is 1. The lowest BCUT2D eigenvalue weighted by Gasteiger charge is -2.33. The van der Waals surface area contributed by atoms with Gasteiger partial charge in [-0.15, -0.1) is 0 Å². The van der Waals surface area contributed by atoms with Crippen molar-refractivity contribution in [3.8, 4) is 0 Å². The minimum Gasteiger partial charge on any atom is -0.377 e. The van der Waals surface area contributed by atoms with Crippen LogP contribution in [0.1, 0.15) is 47.5 Å². The van der Waals surface area contributed by atoms with E-state index in [1.165, 1.54) is 12.8 Å². The third-order valence-electron chi connectivity index (χ3n) is 3.77. The van der Waals surface area contributed by atoms with Gasteiger partial charge in [-0.25, -0.2) is 0 Å². The summed E-state index contributed by atoms with van der Waals surface area (Å²) in [7, 11) is 2.23. The van der Waals surface area contributed by atoms with Crippen LogP contribution in [0.2, 0.25) is 0 Å². The van der Waals surface area contributed by atoms with Crippen molar-refractivity contribution in [3.63, 3.8) is 0 Å². The van der Waals surface area contributed by atoms with Gasteiger partial charge in [-0.2, -0.15) is 0 Å². The second-order valence-corrected chi connectivity index (χ2v) is 6.41. The van der Waals surface area contributed by atoms with E-state index in [4.69, 9.17) is 4.74 Å². The van der Waals surface area contributed by atoms with Crippen molar-refractivity contribution in [2.45, 2.75) is 71.2 Å². The number of nitrogens with one attached hydrogen (secondary N) is 1. The Morgan fingerprint density at radius 2 is 2.06 bits per heavy atom. The standard InChI is InChI=1S/C14H30N2O/c1-11(7-9-15-14(3,4)5)16(6)13-8-10-17-12(13)2/h11-13,15H,7-10H2,1-6H3. The minimum atomic E-state index is 0.224. The van der Waals surface area contributed by atoms with Crippen molar-refractivity contribution in [1.82, 2.24) is 10.2 Å². The average Bonchev–Trinajstić information content (AvgIpc) is 2.61. The maximum Gasteiger partial charge on any atom is 0.0703 e. The molecule has 1 rings (SSSR count). The molecule has 1 saturated heterocycles. The van der Waals surface area contributed by atoms with E-state index >= 15 is 0 Å². The Hall–Kier alpha value is -0.120. The second-order valence-electron chi connectivity index (χ2n) is 6.41. The van der Waals surface area contributed by atoms with Crippen LogP contribution in [0, 0.1) is 0 Å². The van der Waals surface area contributed by atoms with Crippen LogP contribution in [0.5, 0.6) is 0 Å². The third-order valence-corrected chi connectivity index (χ3v) is 3.77. The average molecular weight is 242 g/mol. The van der Waals surface area contributed by atoms with E-state index in [1.54, 1.807) is 0 Å². The van der Waals surface area contributed by atoms with Crippen LogP contribution in [-0.4, -0.2) is 48.8 Å². The molecule has 0 aromatic heterocycles. The molecular weight excluding hydrogens is 212 g/mol. The summed E-state index contributed by atoms with van der Waals surface area (Å²) in [5.41, 5.74) is 0.224. The van der Waals surface area contributed by atoms with E-state index in [2.05, 4.69) is 51.9 Å². The van der Waals surface area contributed by atoms with Crippen molar-refractivity contribution in [2.75, 3.05) is 20.2 Å². The van der Waals surface area contributed by atoms with Gasteiger partial charge in [0.1, 0.15) is 0 Å². The van der Waals surface area contributed by atoms with Crippen LogP contribution in [0.15, 0.2) is 0 Å². The Morgan fingerprint density at radius 3 is 2.53 bits per heavy atom.